The third-order valence-corrected chi connectivity index (χ3v) is 1.69. The summed E-state index contributed by atoms with van der Waals surface area (Å²) in [7, 11) is 0. The standard InChI is InChI=1S/C9H11ClN2O/c1-2-7-12(8-6-11)9(13)4-3-5-10/h1H,3-5,7-8H2. The van der Waals surface area contributed by atoms with Gasteiger partial charge in [0.2, 0.25) is 5.91 Å². The Bertz CT molecular complexity index is 223. The number of hydrogen-bond acceptors (Lipinski definition) is 2. The highest BCUT2D eigenvalue weighted by Gasteiger charge is 2.10. The molecule has 3 nitrogen and oxygen atoms in total. The zero-order valence-corrected chi connectivity index (χ0v) is 8.05. The van der Waals surface area contributed by atoms with Crippen LogP contribution in [0.2, 0.25) is 0 Å². The Kier molecular flexibility index (Phi) is 6.78. The van der Waals surface area contributed by atoms with Crippen LogP contribution in [0.4, 0.5) is 0 Å². The van der Waals surface area contributed by atoms with Gasteiger partial charge in [-0.25, -0.2) is 0 Å². The molecule has 0 heterocycles. The molecule has 0 spiro atoms. The number of halogens is 1. The molecule has 0 unspecified atom stereocenters. The molecule has 0 saturated carbocycles. The largest absolute Gasteiger partial charge is 0.318 e. The van der Waals surface area contributed by atoms with E-state index in [4.69, 9.17) is 23.3 Å². The highest BCUT2D eigenvalue weighted by atomic mass is 35.5. The lowest BCUT2D eigenvalue weighted by molar-refractivity contribution is -0.130. The predicted octanol–water partition coefficient (Wildman–Crippen LogP) is 0.991. The van der Waals surface area contributed by atoms with E-state index in [-0.39, 0.29) is 19.0 Å². The summed E-state index contributed by atoms with van der Waals surface area (Å²) >= 11 is 5.43. The molecule has 13 heavy (non-hydrogen) atoms. The zero-order valence-electron chi connectivity index (χ0n) is 7.29. The predicted molar refractivity (Wildman–Crippen MR) is 51.0 cm³/mol. The Labute approximate surface area is 83.3 Å². The fraction of sp³-hybridized carbons (Fsp3) is 0.556. The first-order chi connectivity index (χ1) is 6.26. The van der Waals surface area contributed by atoms with E-state index in [9.17, 15) is 4.79 Å². The highest BCUT2D eigenvalue weighted by Crippen LogP contribution is 1.98. The maximum absolute atomic E-state index is 11.3. The third kappa shape index (κ3) is 5.11. The molecule has 0 aliphatic carbocycles. The van der Waals surface area contributed by atoms with Gasteiger partial charge in [-0.15, -0.1) is 18.0 Å². The molecule has 0 aliphatic rings. The number of hydrogen-bond donors (Lipinski definition) is 0. The van der Waals surface area contributed by atoms with Gasteiger partial charge in [0.25, 0.3) is 0 Å². The molecule has 0 bridgehead atoms. The van der Waals surface area contributed by atoms with Crippen molar-refractivity contribution in [1.29, 1.82) is 5.26 Å². The van der Waals surface area contributed by atoms with Gasteiger partial charge in [0.05, 0.1) is 12.6 Å². The van der Waals surface area contributed by atoms with Crippen LogP contribution in [0.1, 0.15) is 12.8 Å². The van der Waals surface area contributed by atoms with Crippen LogP contribution in [-0.2, 0) is 4.79 Å². The van der Waals surface area contributed by atoms with Gasteiger partial charge in [-0.1, -0.05) is 5.92 Å². The van der Waals surface area contributed by atoms with Gasteiger partial charge in [-0.2, -0.15) is 5.26 Å². The first-order valence-corrected chi connectivity index (χ1v) is 4.43. The van der Waals surface area contributed by atoms with E-state index in [1.54, 1.807) is 0 Å². The van der Waals surface area contributed by atoms with Crippen molar-refractivity contribution in [3.05, 3.63) is 0 Å². The number of alkyl halides is 1. The van der Waals surface area contributed by atoms with Gasteiger partial charge in [-0.05, 0) is 6.42 Å². The second kappa shape index (κ2) is 7.46. The molecule has 0 aromatic rings. The van der Waals surface area contributed by atoms with Crippen LogP contribution in [0, 0.1) is 23.7 Å². The minimum absolute atomic E-state index is 0.0469. The summed E-state index contributed by atoms with van der Waals surface area (Å²) < 4.78 is 0. The summed E-state index contributed by atoms with van der Waals surface area (Å²) in [5.74, 6) is 2.67. The molecule has 70 valence electrons. The van der Waals surface area contributed by atoms with E-state index in [1.807, 2.05) is 6.07 Å². The van der Waals surface area contributed by atoms with Gasteiger partial charge in [0.1, 0.15) is 6.54 Å². The van der Waals surface area contributed by atoms with Crippen molar-refractivity contribution in [2.45, 2.75) is 12.8 Å². The summed E-state index contributed by atoms with van der Waals surface area (Å²) in [6, 6.07) is 1.89. The normalized spacial score (nSPS) is 8.54. The lowest BCUT2D eigenvalue weighted by Gasteiger charge is -2.15. The van der Waals surface area contributed by atoms with Crippen molar-refractivity contribution in [2.75, 3.05) is 19.0 Å². The van der Waals surface area contributed by atoms with Gasteiger partial charge in [-0.3, -0.25) is 4.79 Å². The van der Waals surface area contributed by atoms with Gasteiger partial charge in [0.15, 0.2) is 0 Å². The van der Waals surface area contributed by atoms with Crippen molar-refractivity contribution in [3.63, 3.8) is 0 Å². The summed E-state index contributed by atoms with van der Waals surface area (Å²) in [6.45, 7) is 0.236. The zero-order chi connectivity index (χ0) is 10.1. The second-order valence-corrected chi connectivity index (χ2v) is 2.78. The summed E-state index contributed by atoms with van der Waals surface area (Å²) in [4.78, 5) is 12.6. The van der Waals surface area contributed by atoms with Crippen molar-refractivity contribution >= 4 is 17.5 Å². The maximum atomic E-state index is 11.3. The Morgan fingerprint density at radius 2 is 2.23 bits per heavy atom. The summed E-state index contributed by atoms with van der Waals surface area (Å²) in [6.07, 6.45) is 6.02. The molecule has 0 aliphatic heterocycles. The molecule has 0 aromatic carbocycles. The maximum Gasteiger partial charge on any atom is 0.224 e. The molecule has 1 amide bonds. The number of terminal acetylenes is 1. The fourth-order valence-corrected chi connectivity index (χ4v) is 0.938. The third-order valence-electron chi connectivity index (χ3n) is 1.42. The molecule has 0 saturated heterocycles. The number of carbonyl (C=O) groups is 1. The summed E-state index contributed by atoms with van der Waals surface area (Å²) in [5, 5.41) is 8.40. The molecule has 0 radical (unpaired) electrons. The fourth-order valence-electron chi connectivity index (χ4n) is 0.804. The Hall–Kier alpha value is -1.19. The average Bonchev–Trinajstić information content (AvgIpc) is 2.14. The topological polar surface area (TPSA) is 44.1 Å². The SMILES string of the molecule is C#CCN(CC#N)C(=O)CCCCl. The van der Waals surface area contributed by atoms with Crippen LogP contribution in [0.15, 0.2) is 0 Å². The summed E-state index contributed by atoms with van der Waals surface area (Å²) in [5.41, 5.74) is 0. The van der Waals surface area contributed by atoms with E-state index in [2.05, 4.69) is 5.92 Å². The Morgan fingerprint density at radius 1 is 1.54 bits per heavy atom. The molecular formula is C9H11ClN2O. The van der Waals surface area contributed by atoms with Gasteiger partial charge in [0, 0.05) is 12.3 Å². The average molecular weight is 199 g/mol. The number of nitrogens with zero attached hydrogens (tertiary/aromatic N) is 2. The molecule has 0 fully saturated rings. The van der Waals surface area contributed by atoms with E-state index in [0.717, 1.165) is 0 Å². The molecular weight excluding hydrogens is 188 g/mol. The minimum Gasteiger partial charge on any atom is -0.318 e. The highest BCUT2D eigenvalue weighted by molar-refractivity contribution is 6.17. The van der Waals surface area contributed by atoms with Crippen LogP contribution in [-0.4, -0.2) is 29.8 Å². The lowest BCUT2D eigenvalue weighted by Crippen LogP contribution is -2.31. The van der Waals surface area contributed by atoms with E-state index < -0.39 is 0 Å². The molecule has 0 atom stereocenters. The van der Waals surface area contributed by atoms with Crippen molar-refractivity contribution in [2.24, 2.45) is 0 Å². The smallest absolute Gasteiger partial charge is 0.224 e. The number of amides is 1. The molecule has 0 aromatic heterocycles. The van der Waals surface area contributed by atoms with Crippen LogP contribution in [0.3, 0.4) is 0 Å². The van der Waals surface area contributed by atoms with E-state index in [1.165, 1.54) is 4.90 Å². The molecule has 4 heteroatoms. The first kappa shape index (κ1) is 11.8. The minimum atomic E-state index is -0.111. The van der Waals surface area contributed by atoms with Gasteiger partial charge >= 0.3 is 0 Å². The molecule has 0 N–H and O–H groups in total. The van der Waals surface area contributed by atoms with E-state index in [0.29, 0.717) is 18.7 Å². The molecule has 0 rings (SSSR count). The number of nitriles is 1. The van der Waals surface area contributed by atoms with Crippen molar-refractivity contribution in [3.8, 4) is 18.4 Å². The van der Waals surface area contributed by atoms with Crippen LogP contribution in [0.5, 0.6) is 0 Å². The van der Waals surface area contributed by atoms with Crippen molar-refractivity contribution in [1.82, 2.24) is 4.90 Å². The number of rotatable bonds is 5. The van der Waals surface area contributed by atoms with E-state index >= 15 is 0 Å². The van der Waals surface area contributed by atoms with Crippen LogP contribution in [0.25, 0.3) is 0 Å². The monoisotopic (exact) mass is 198 g/mol. The van der Waals surface area contributed by atoms with Crippen LogP contribution >= 0.6 is 11.6 Å². The lowest BCUT2D eigenvalue weighted by atomic mass is 10.3. The van der Waals surface area contributed by atoms with Crippen molar-refractivity contribution < 1.29 is 4.79 Å². The second-order valence-electron chi connectivity index (χ2n) is 2.40. The van der Waals surface area contributed by atoms with Crippen LogP contribution < -0.4 is 0 Å². The van der Waals surface area contributed by atoms with Gasteiger partial charge < -0.3 is 4.90 Å². The first-order valence-electron chi connectivity index (χ1n) is 3.90. The number of carbonyl (C=O) groups excluding carboxylic acids is 1. The quantitative estimate of drug-likeness (QED) is 0.376. The Balaban J connectivity index is 3.98. The Morgan fingerprint density at radius 3 is 2.69 bits per heavy atom.